The van der Waals surface area contributed by atoms with Crippen LogP contribution in [0.3, 0.4) is 0 Å². The summed E-state index contributed by atoms with van der Waals surface area (Å²) in [5.74, 6) is 1.58. The van der Waals surface area contributed by atoms with E-state index in [2.05, 4.69) is 11.4 Å². The molecule has 0 amide bonds. The van der Waals surface area contributed by atoms with Gasteiger partial charge in [0.15, 0.2) is 0 Å². The molecule has 2 fully saturated rings. The predicted octanol–water partition coefficient (Wildman–Crippen LogP) is 1.36. The highest BCUT2D eigenvalue weighted by molar-refractivity contribution is 7.85. The molecule has 6 heteroatoms. The Balaban J connectivity index is 0.000000146. The first-order valence-corrected chi connectivity index (χ1v) is 7.53. The third-order valence-corrected chi connectivity index (χ3v) is 4.33. The minimum atomic E-state index is -4.02. The Bertz CT molecular complexity index is 589. The third-order valence-electron chi connectivity index (χ3n) is 3.46. The van der Waals surface area contributed by atoms with Gasteiger partial charge < -0.3 is 5.32 Å². The van der Waals surface area contributed by atoms with Crippen molar-refractivity contribution in [3.63, 3.8) is 0 Å². The Morgan fingerprint density at radius 3 is 2.32 bits per heavy atom. The zero-order valence-corrected chi connectivity index (χ0v) is 11.4. The lowest BCUT2D eigenvalue weighted by atomic mass is 10.2. The standard InChI is InChI=1S/C7H8O3S.C6H8N2/c1-6-2-4-7(5-3-6)11(8,9)10;7-2-6-5-1-4(5)3-8-6/h2-5H,1H3,(H,8,9,10);4-6,8H,1,3H2/t;4-,5+,6?/m.0/s1. The zero-order chi connectivity index (χ0) is 14.0. The molecule has 0 spiro atoms. The van der Waals surface area contributed by atoms with E-state index in [9.17, 15) is 8.42 Å². The van der Waals surface area contributed by atoms with Crippen LogP contribution in [0.15, 0.2) is 29.2 Å². The first-order chi connectivity index (χ1) is 8.91. The first kappa shape index (κ1) is 14.0. The number of aryl methyl sites for hydroxylation is 1. The van der Waals surface area contributed by atoms with Gasteiger partial charge in [-0.05, 0) is 43.9 Å². The van der Waals surface area contributed by atoms with Gasteiger partial charge in [-0.2, -0.15) is 13.7 Å². The Morgan fingerprint density at radius 2 is 2.00 bits per heavy atom. The second-order valence-electron chi connectivity index (χ2n) is 4.96. The summed E-state index contributed by atoms with van der Waals surface area (Å²) in [5.41, 5.74) is 0.956. The molecule has 1 saturated heterocycles. The molecule has 5 nitrogen and oxygen atoms in total. The van der Waals surface area contributed by atoms with Crippen LogP contribution in [0.25, 0.3) is 0 Å². The molecule has 0 aromatic heterocycles. The van der Waals surface area contributed by atoms with Gasteiger partial charge in [-0.3, -0.25) is 4.55 Å². The number of benzene rings is 1. The number of piperidine rings is 1. The topological polar surface area (TPSA) is 90.2 Å². The minimum absolute atomic E-state index is 0.0666. The SMILES string of the molecule is Cc1ccc(S(=O)(=O)O)cc1.N#CC1NC[C@@H]2C[C@@H]12. The smallest absolute Gasteiger partial charge is 0.294 e. The van der Waals surface area contributed by atoms with Crippen LogP contribution >= 0.6 is 0 Å². The zero-order valence-electron chi connectivity index (χ0n) is 10.6. The van der Waals surface area contributed by atoms with Crippen molar-refractivity contribution in [2.24, 2.45) is 11.8 Å². The number of hydrogen-bond donors (Lipinski definition) is 2. The molecule has 2 aliphatic rings. The van der Waals surface area contributed by atoms with Crippen LogP contribution in [-0.2, 0) is 10.1 Å². The molecular weight excluding hydrogens is 264 g/mol. The average molecular weight is 280 g/mol. The van der Waals surface area contributed by atoms with Crippen LogP contribution in [0.1, 0.15) is 12.0 Å². The summed E-state index contributed by atoms with van der Waals surface area (Å²) < 4.78 is 29.6. The summed E-state index contributed by atoms with van der Waals surface area (Å²) in [5, 5.41) is 11.6. The van der Waals surface area contributed by atoms with Crippen LogP contribution in [0.2, 0.25) is 0 Å². The van der Waals surface area contributed by atoms with Crippen LogP contribution < -0.4 is 5.32 Å². The third kappa shape index (κ3) is 3.53. The molecule has 3 atom stereocenters. The van der Waals surface area contributed by atoms with Crippen LogP contribution in [0, 0.1) is 30.1 Å². The molecule has 1 aromatic rings. The molecule has 1 heterocycles. The van der Waals surface area contributed by atoms with Crippen molar-refractivity contribution < 1.29 is 13.0 Å². The highest BCUT2D eigenvalue weighted by Gasteiger charge is 2.48. The predicted molar refractivity (Wildman–Crippen MR) is 70.0 cm³/mol. The van der Waals surface area contributed by atoms with Crippen molar-refractivity contribution in [2.45, 2.75) is 24.3 Å². The summed E-state index contributed by atoms with van der Waals surface area (Å²) in [6.07, 6.45) is 1.30. The molecule has 1 aliphatic heterocycles. The van der Waals surface area contributed by atoms with E-state index >= 15 is 0 Å². The first-order valence-electron chi connectivity index (χ1n) is 6.09. The molecule has 19 heavy (non-hydrogen) atoms. The van der Waals surface area contributed by atoms with Gasteiger partial charge in [0.25, 0.3) is 10.1 Å². The number of nitriles is 1. The molecule has 3 rings (SSSR count). The fraction of sp³-hybridized carbons (Fsp3) is 0.462. The Labute approximate surface area is 113 Å². The van der Waals surface area contributed by atoms with Crippen LogP contribution in [-0.4, -0.2) is 25.6 Å². The van der Waals surface area contributed by atoms with Gasteiger partial charge in [-0.1, -0.05) is 17.7 Å². The Hall–Kier alpha value is -1.42. The summed E-state index contributed by atoms with van der Waals surface area (Å²) in [6, 6.07) is 8.43. The highest BCUT2D eigenvalue weighted by atomic mass is 32.2. The average Bonchev–Trinajstić information content (AvgIpc) is 3.02. The van der Waals surface area contributed by atoms with Gasteiger partial charge in [-0.25, -0.2) is 0 Å². The maximum absolute atomic E-state index is 10.5. The van der Waals surface area contributed by atoms with Crippen LogP contribution in [0.5, 0.6) is 0 Å². The number of hydrogen-bond acceptors (Lipinski definition) is 4. The molecule has 102 valence electrons. The summed E-state index contributed by atoms with van der Waals surface area (Å²) in [4.78, 5) is -0.0666. The summed E-state index contributed by atoms with van der Waals surface area (Å²) in [7, 11) is -4.02. The Kier molecular flexibility index (Phi) is 3.90. The highest BCUT2D eigenvalue weighted by Crippen LogP contribution is 2.44. The van der Waals surface area contributed by atoms with Crippen molar-refractivity contribution in [3.05, 3.63) is 29.8 Å². The van der Waals surface area contributed by atoms with E-state index in [-0.39, 0.29) is 10.9 Å². The molecule has 1 aliphatic carbocycles. The largest absolute Gasteiger partial charge is 0.301 e. The quantitative estimate of drug-likeness (QED) is 0.758. The fourth-order valence-corrected chi connectivity index (χ4v) is 2.68. The van der Waals surface area contributed by atoms with E-state index in [4.69, 9.17) is 9.81 Å². The molecule has 1 saturated carbocycles. The van der Waals surface area contributed by atoms with E-state index in [0.717, 1.165) is 23.9 Å². The fourth-order valence-electron chi connectivity index (χ4n) is 2.20. The van der Waals surface area contributed by atoms with E-state index < -0.39 is 10.1 Å². The van der Waals surface area contributed by atoms with E-state index in [0.29, 0.717) is 0 Å². The lowest BCUT2D eigenvalue weighted by Crippen LogP contribution is -2.23. The van der Waals surface area contributed by atoms with Gasteiger partial charge in [-0.15, -0.1) is 0 Å². The second-order valence-corrected chi connectivity index (χ2v) is 6.38. The minimum Gasteiger partial charge on any atom is -0.301 e. The van der Waals surface area contributed by atoms with E-state index in [1.807, 2.05) is 6.92 Å². The molecular formula is C13H16N2O3S. The maximum atomic E-state index is 10.5. The molecule has 2 N–H and O–H groups in total. The van der Waals surface area contributed by atoms with Gasteiger partial charge >= 0.3 is 0 Å². The van der Waals surface area contributed by atoms with E-state index in [1.54, 1.807) is 12.1 Å². The molecule has 1 unspecified atom stereocenters. The number of fused-ring (bicyclic) bond motifs is 1. The molecule has 0 radical (unpaired) electrons. The van der Waals surface area contributed by atoms with Crippen molar-refractivity contribution in [1.29, 1.82) is 5.26 Å². The number of nitrogens with zero attached hydrogens (tertiary/aromatic N) is 1. The maximum Gasteiger partial charge on any atom is 0.294 e. The lowest BCUT2D eigenvalue weighted by Gasteiger charge is -1.98. The summed E-state index contributed by atoms with van der Waals surface area (Å²) >= 11 is 0. The van der Waals surface area contributed by atoms with Gasteiger partial charge in [0, 0.05) is 0 Å². The number of rotatable bonds is 1. The molecule has 0 bridgehead atoms. The van der Waals surface area contributed by atoms with Crippen LogP contribution in [0.4, 0.5) is 0 Å². The lowest BCUT2D eigenvalue weighted by molar-refractivity contribution is 0.483. The van der Waals surface area contributed by atoms with E-state index in [1.165, 1.54) is 18.6 Å². The van der Waals surface area contributed by atoms with Crippen molar-refractivity contribution in [2.75, 3.05) is 6.54 Å². The van der Waals surface area contributed by atoms with Gasteiger partial charge in [0.1, 0.15) is 0 Å². The Morgan fingerprint density at radius 1 is 1.37 bits per heavy atom. The second kappa shape index (κ2) is 5.29. The summed E-state index contributed by atoms with van der Waals surface area (Å²) in [6.45, 7) is 2.93. The van der Waals surface area contributed by atoms with Gasteiger partial charge in [0.2, 0.25) is 0 Å². The molecule has 1 aromatic carbocycles. The van der Waals surface area contributed by atoms with Crippen molar-refractivity contribution in [1.82, 2.24) is 5.32 Å². The van der Waals surface area contributed by atoms with Gasteiger partial charge in [0.05, 0.1) is 17.0 Å². The van der Waals surface area contributed by atoms with Crippen molar-refractivity contribution in [3.8, 4) is 6.07 Å². The number of nitrogens with one attached hydrogen (secondary N) is 1. The van der Waals surface area contributed by atoms with Crippen molar-refractivity contribution >= 4 is 10.1 Å². The monoisotopic (exact) mass is 280 g/mol. The normalized spacial score (nSPS) is 27.7.